The first-order chi connectivity index (χ1) is 7.96. The maximum absolute atomic E-state index is 12.4. The summed E-state index contributed by atoms with van der Waals surface area (Å²) in [5, 5.41) is 0. The fourth-order valence-corrected chi connectivity index (χ4v) is 2.64. The highest BCUT2D eigenvalue weighted by Crippen LogP contribution is 2.35. The Balaban J connectivity index is 2.13. The molecule has 2 amide bonds. The van der Waals surface area contributed by atoms with Gasteiger partial charge in [-0.15, -0.1) is 0 Å². The van der Waals surface area contributed by atoms with Crippen LogP contribution in [0.3, 0.4) is 0 Å². The summed E-state index contributed by atoms with van der Waals surface area (Å²) in [4.78, 5) is 15.1. The molecule has 0 atom stereocenters. The molecule has 0 aliphatic carbocycles. The molecule has 1 spiro atoms. The summed E-state index contributed by atoms with van der Waals surface area (Å²) in [6, 6.07) is -0.276. The number of urea groups is 1. The Morgan fingerprint density at radius 1 is 1.41 bits per heavy atom. The van der Waals surface area contributed by atoms with Crippen molar-refractivity contribution in [3.63, 3.8) is 0 Å². The molecule has 0 bridgehead atoms. The van der Waals surface area contributed by atoms with E-state index in [-0.39, 0.29) is 17.6 Å². The number of amides is 2. The van der Waals surface area contributed by atoms with E-state index in [0.717, 1.165) is 0 Å². The zero-order valence-corrected chi connectivity index (χ0v) is 10.2. The maximum atomic E-state index is 12.4. The van der Waals surface area contributed by atoms with E-state index in [9.17, 15) is 13.6 Å². The van der Waals surface area contributed by atoms with Gasteiger partial charge in [-0.3, -0.25) is 0 Å². The van der Waals surface area contributed by atoms with Gasteiger partial charge in [0.2, 0.25) is 0 Å². The van der Waals surface area contributed by atoms with Crippen LogP contribution < -0.4 is 0 Å². The van der Waals surface area contributed by atoms with Gasteiger partial charge in [0.1, 0.15) is 0 Å². The van der Waals surface area contributed by atoms with Crippen molar-refractivity contribution in [3.05, 3.63) is 0 Å². The molecule has 2 saturated heterocycles. The standard InChI is InChI=1S/C11H18F2N2O2/c1-8(2)15-10(16)14(5-9(12)13)4-3-11(15)6-17-7-11/h8-9H,3-7H2,1-2H3. The van der Waals surface area contributed by atoms with E-state index in [1.165, 1.54) is 4.90 Å². The zero-order valence-electron chi connectivity index (χ0n) is 10.2. The van der Waals surface area contributed by atoms with Crippen molar-refractivity contribution in [1.29, 1.82) is 0 Å². The number of carbonyl (C=O) groups is 1. The molecule has 17 heavy (non-hydrogen) atoms. The fourth-order valence-electron chi connectivity index (χ4n) is 2.64. The molecular formula is C11H18F2N2O2. The lowest BCUT2D eigenvalue weighted by molar-refractivity contribution is -0.153. The highest BCUT2D eigenvalue weighted by atomic mass is 19.3. The van der Waals surface area contributed by atoms with E-state index in [2.05, 4.69) is 0 Å². The van der Waals surface area contributed by atoms with Crippen LogP contribution in [0.5, 0.6) is 0 Å². The first kappa shape index (κ1) is 12.5. The van der Waals surface area contributed by atoms with Crippen LogP contribution in [0, 0.1) is 0 Å². The molecule has 6 heteroatoms. The minimum Gasteiger partial charge on any atom is -0.376 e. The average molecular weight is 248 g/mol. The molecule has 0 aromatic carbocycles. The van der Waals surface area contributed by atoms with Gasteiger partial charge in [0.15, 0.2) is 0 Å². The Labute approximate surface area is 99.5 Å². The normalized spacial score (nSPS) is 23.8. The number of ether oxygens (including phenoxy) is 1. The van der Waals surface area contributed by atoms with Crippen LogP contribution in [-0.4, -0.2) is 60.1 Å². The Bertz CT molecular complexity index is 306. The Morgan fingerprint density at radius 3 is 2.47 bits per heavy atom. The second kappa shape index (κ2) is 4.40. The summed E-state index contributed by atoms with van der Waals surface area (Å²) in [6.45, 7) is 4.79. The van der Waals surface area contributed by atoms with Gasteiger partial charge in [-0.25, -0.2) is 13.6 Å². The molecule has 0 unspecified atom stereocenters. The lowest BCUT2D eigenvalue weighted by atomic mass is 9.87. The van der Waals surface area contributed by atoms with Crippen LogP contribution in [0.2, 0.25) is 0 Å². The molecule has 0 aromatic rings. The molecule has 2 fully saturated rings. The number of hydrogen-bond donors (Lipinski definition) is 0. The molecule has 4 nitrogen and oxygen atoms in total. The van der Waals surface area contributed by atoms with E-state index >= 15 is 0 Å². The molecular weight excluding hydrogens is 230 g/mol. The second-order valence-corrected chi connectivity index (χ2v) is 5.05. The monoisotopic (exact) mass is 248 g/mol. The molecule has 2 rings (SSSR count). The van der Waals surface area contributed by atoms with Gasteiger partial charge in [0.25, 0.3) is 6.43 Å². The van der Waals surface area contributed by atoms with Crippen LogP contribution in [0.1, 0.15) is 20.3 Å². The average Bonchev–Trinajstić information content (AvgIpc) is 2.17. The van der Waals surface area contributed by atoms with Crippen molar-refractivity contribution in [2.75, 3.05) is 26.3 Å². The molecule has 2 heterocycles. The molecule has 0 radical (unpaired) electrons. The summed E-state index contributed by atoms with van der Waals surface area (Å²) in [5.74, 6) is 0. The Kier molecular flexibility index (Phi) is 3.25. The second-order valence-electron chi connectivity index (χ2n) is 5.05. The van der Waals surface area contributed by atoms with Gasteiger partial charge in [-0.1, -0.05) is 0 Å². The Morgan fingerprint density at radius 2 is 2.06 bits per heavy atom. The SMILES string of the molecule is CC(C)N1C(=O)N(CC(F)F)CCC12COC2. The van der Waals surface area contributed by atoms with Crippen molar-refractivity contribution in [2.45, 2.75) is 38.3 Å². The lowest BCUT2D eigenvalue weighted by Crippen LogP contribution is -2.72. The number of alkyl halides is 2. The van der Waals surface area contributed by atoms with E-state index in [1.807, 2.05) is 13.8 Å². The van der Waals surface area contributed by atoms with Crippen LogP contribution in [0.4, 0.5) is 13.6 Å². The summed E-state index contributed by atoms with van der Waals surface area (Å²) >= 11 is 0. The molecule has 0 saturated carbocycles. The molecule has 0 N–H and O–H groups in total. The third kappa shape index (κ3) is 2.10. The fraction of sp³-hybridized carbons (Fsp3) is 0.909. The van der Waals surface area contributed by atoms with Gasteiger partial charge < -0.3 is 14.5 Å². The van der Waals surface area contributed by atoms with Crippen LogP contribution in [-0.2, 0) is 4.74 Å². The predicted molar refractivity (Wildman–Crippen MR) is 58.1 cm³/mol. The molecule has 0 aromatic heterocycles. The highest BCUT2D eigenvalue weighted by Gasteiger charge is 2.51. The predicted octanol–water partition coefficient (Wildman–Crippen LogP) is 1.56. The number of nitrogens with zero attached hydrogens (tertiary/aromatic N) is 2. The van der Waals surface area contributed by atoms with Crippen molar-refractivity contribution in [1.82, 2.24) is 9.80 Å². The summed E-state index contributed by atoms with van der Waals surface area (Å²) in [6.07, 6.45) is -1.76. The van der Waals surface area contributed by atoms with Gasteiger partial charge in [-0.2, -0.15) is 0 Å². The van der Waals surface area contributed by atoms with Crippen LogP contribution in [0.15, 0.2) is 0 Å². The van der Waals surface area contributed by atoms with Gasteiger partial charge in [-0.05, 0) is 20.3 Å². The van der Waals surface area contributed by atoms with Crippen molar-refractivity contribution >= 4 is 6.03 Å². The maximum Gasteiger partial charge on any atom is 0.321 e. The van der Waals surface area contributed by atoms with E-state index in [0.29, 0.717) is 26.2 Å². The van der Waals surface area contributed by atoms with E-state index in [4.69, 9.17) is 4.74 Å². The van der Waals surface area contributed by atoms with Crippen molar-refractivity contribution in [2.24, 2.45) is 0 Å². The molecule has 2 aliphatic rings. The van der Waals surface area contributed by atoms with Crippen LogP contribution in [0.25, 0.3) is 0 Å². The largest absolute Gasteiger partial charge is 0.376 e. The summed E-state index contributed by atoms with van der Waals surface area (Å²) in [5.41, 5.74) is -0.246. The van der Waals surface area contributed by atoms with Crippen molar-refractivity contribution in [3.8, 4) is 0 Å². The summed E-state index contributed by atoms with van der Waals surface area (Å²) < 4.78 is 29.9. The first-order valence-electron chi connectivity index (χ1n) is 5.90. The number of rotatable bonds is 3. The Hall–Kier alpha value is -0.910. The van der Waals surface area contributed by atoms with E-state index < -0.39 is 13.0 Å². The highest BCUT2D eigenvalue weighted by molar-refractivity contribution is 5.77. The number of carbonyl (C=O) groups excluding carboxylic acids is 1. The van der Waals surface area contributed by atoms with Gasteiger partial charge in [0, 0.05) is 12.6 Å². The molecule has 98 valence electrons. The third-order valence-electron chi connectivity index (χ3n) is 3.45. The summed E-state index contributed by atoms with van der Waals surface area (Å²) in [7, 11) is 0. The number of hydrogen-bond acceptors (Lipinski definition) is 2. The van der Waals surface area contributed by atoms with Gasteiger partial charge >= 0.3 is 6.03 Å². The van der Waals surface area contributed by atoms with Gasteiger partial charge in [0.05, 0.1) is 25.3 Å². The lowest BCUT2D eigenvalue weighted by Gasteiger charge is -2.56. The minimum absolute atomic E-state index is 0.00636. The smallest absolute Gasteiger partial charge is 0.321 e. The van der Waals surface area contributed by atoms with Crippen molar-refractivity contribution < 1.29 is 18.3 Å². The topological polar surface area (TPSA) is 32.8 Å². The quantitative estimate of drug-likeness (QED) is 0.759. The van der Waals surface area contributed by atoms with Crippen LogP contribution >= 0.6 is 0 Å². The molecule has 2 aliphatic heterocycles. The third-order valence-corrected chi connectivity index (χ3v) is 3.45. The minimum atomic E-state index is -2.47. The number of halogens is 2. The first-order valence-corrected chi connectivity index (χ1v) is 5.90. The van der Waals surface area contributed by atoms with E-state index in [1.54, 1.807) is 4.90 Å². The zero-order chi connectivity index (χ0) is 12.6.